The first kappa shape index (κ1) is 14.6. The van der Waals surface area contributed by atoms with E-state index in [9.17, 15) is 23.3 Å². The molecular weight excluding hydrogens is 277 g/mol. The van der Waals surface area contributed by atoms with Crippen LogP contribution >= 0.6 is 0 Å². The summed E-state index contributed by atoms with van der Waals surface area (Å²) in [4.78, 5) is 10.2. The lowest BCUT2D eigenvalue weighted by atomic mass is 9.85. The summed E-state index contributed by atoms with van der Waals surface area (Å²) in [5.41, 5.74) is 5.47. The molecule has 0 aromatic carbocycles. The summed E-state index contributed by atoms with van der Waals surface area (Å²) >= 11 is 0. The zero-order chi connectivity index (χ0) is 15.1. The Balaban J connectivity index is 2.28. The molecule has 1 fully saturated rings. The Bertz CT molecular complexity index is 526. The molecule has 9 heteroatoms. The third-order valence-corrected chi connectivity index (χ3v) is 3.73. The molecule has 1 aromatic rings. The molecule has 1 saturated carbocycles. The second kappa shape index (κ2) is 4.95. The van der Waals surface area contributed by atoms with E-state index in [4.69, 9.17) is 5.73 Å². The second-order valence-electron chi connectivity index (χ2n) is 5.08. The van der Waals surface area contributed by atoms with Crippen LogP contribution in [0.15, 0.2) is 0 Å². The van der Waals surface area contributed by atoms with Gasteiger partial charge in [0.25, 0.3) is 0 Å². The lowest BCUT2D eigenvalue weighted by Crippen LogP contribution is -2.30. The molecule has 6 nitrogen and oxygen atoms in total. The Labute approximate surface area is 112 Å². The van der Waals surface area contributed by atoms with Gasteiger partial charge < -0.3 is 5.73 Å². The van der Waals surface area contributed by atoms with Gasteiger partial charge in [-0.15, -0.1) is 0 Å². The molecule has 2 atom stereocenters. The van der Waals surface area contributed by atoms with Crippen molar-refractivity contribution in [1.29, 1.82) is 0 Å². The zero-order valence-electron chi connectivity index (χ0n) is 10.9. The Kier molecular flexibility index (Phi) is 3.61. The number of hydrogen-bond acceptors (Lipinski definition) is 4. The molecular formula is C11H15F3N4O2. The third-order valence-electron chi connectivity index (χ3n) is 3.73. The number of alkyl halides is 3. The summed E-state index contributed by atoms with van der Waals surface area (Å²) in [6, 6.07) is -0.539. The molecule has 1 aliphatic carbocycles. The number of aromatic nitrogens is 2. The smallest absolute Gasteiger partial charge is 0.378 e. The van der Waals surface area contributed by atoms with Crippen molar-refractivity contribution in [2.24, 2.45) is 5.92 Å². The number of hydrogen-bond donors (Lipinski definition) is 1. The number of anilines is 1. The van der Waals surface area contributed by atoms with Crippen LogP contribution in [0.25, 0.3) is 0 Å². The SMILES string of the molecule is Cc1nn(C2CCCC(C(F)(F)F)C2)c(N)c1[N+](=O)[O-]. The van der Waals surface area contributed by atoms with Gasteiger partial charge in [0, 0.05) is 0 Å². The van der Waals surface area contributed by atoms with Gasteiger partial charge in [0.15, 0.2) is 0 Å². The minimum Gasteiger partial charge on any atom is -0.378 e. The lowest BCUT2D eigenvalue weighted by molar-refractivity contribution is -0.384. The number of aryl methyl sites for hydroxylation is 1. The molecule has 2 unspecified atom stereocenters. The van der Waals surface area contributed by atoms with E-state index in [-0.39, 0.29) is 30.0 Å². The maximum absolute atomic E-state index is 12.8. The fourth-order valence-corrected chi connectivity index (χ4v) is 2.74. The highest BCUT2D eigenvalue weighted by Gasteiger charge is 2.43. The van der Waals surface area contributed by atoms with Crippen molar-refractivity contribution in [2.75, 3.05) is 5.73 Å². The van der Waals surface area contributed by atoms with Gasteiger partial charge in [0.1, 0.15) is 5.69 Å². The minimum absolute atomic E-state index is 0.0856. The van der Waals surface area contributed by atoms with Crippen molar-refractivity contribution >= 4 is 11.5 Å². The van der Waals surface area contributed by atoms with Crippen LogP contribution in [-0.2, 0) is 0 Å². The van der Waals surface area contributed by atoms with Crippen LogP contribution in [0.2, 0.25) is 0 Å². The summed E-state index contributed by atoms with van der Waals surface area (Å²) in [5, 5.41) is 14.8. The number of nitrogen functional groups attached to an aromatic ring is 1. The lowest BCUT2D eigenvalue weighted by Gasteiger charge is -2.30. The predicted molar refractivity (Wildman–Crippen MR) is 65.1 cm³/mol. The van der Waals surface area contributed by atoms with E-state index in [1.807, 2.05) is 0 Å². The molecule has 112 valence electrons. The Morgan fingerprint density at radius 2 is 2.10 bits per heavy atom. The van der Waals surface area contributed by atoms with Gasteiger partial charge in [0.2, 0.25) is 5.82 Å². The van der Waals surface area contributed by atoms with Crippen molar-refractivity contribution < 1.29 is 18.1 Å². The maximum atomic E-state index is 12.8. The van der Waals surface area contributed by atoms with Gasteiger partial charge in [0.05, 0.1) is 16.9 Å². The average Bonchev–Trinajstić information content (AvgIpc) is 2.64. The fourth-order valence-electron chi connectivity index (χ4n) is 2.74. The van der Waals surface area contributed by atoms with E-state index in [2.05, 4.69) is 5.10 Å². The van der Waals surface area contributed by atoms with Gasteiger partial charge in [-0.25, -0.2) is 4.68 Å². The standard InChI is InChI=1S/C11H15F3N4O2/c1-6-9(18(19)20)10(15)17(16-6)8-4-2-3-7(5-8)11(12,13)14/h7-8H,2-5,15H2,1H3. The van der Waals surface area contributed by atoms with Gasteiger partial charge in [-0.3, -0.25) is 10.1 Å². The first-order valence-corrected chi connectivity index (χ1v) is 6.27. The molecule has 0 amide bonds. The van der Waals surface area contributed by atoms with Gasteiger partial charge in [-0.05, 0) is 26.2 Å². The number of nitro groups is 1. The first-order chi connectivity index (χ1) is 9.21. The highest BCUT2D eigenvalue weighted by Crippen LogP contribution is 2.43. The van der Waals surface area contributed by atoms with Crippen molar-refractivity contribution in [3.8, 4) is 0 Å². The molecule has 1 aliphatic rings. The molecule has 2 rings (SSSR count). The molecule has 1 heterocycles. The normalized spacial score (nSPS) is 23.8. The van der Waals surface area contributed by atoms with Crippen molar-refractivity contribution in [3.05, 3.63) is 15.8 Å². The summed E-state index contributed by atoms with van der Waals surface area (Å²) < 4.78 is 39.5. The number of nitrogens with two attached hydrogens (primary N) is 1. The molecule has 0 spiro atoms. The highest BCUT2D eigenvalue weighted by molar-refractivity contribution is 5.56. The van der Waals surface area contributed by atoms with Gasteiger partial charge >= 0.3 is 11.9 Å². The Morgan fingerprint density at radius 1 is 1.45 bits per heavy atom. The van der Waals surface area contributed by atoms with Crippen LogP contribution in [0.4, 0.5) is 24.7 Å². The summed E-state index contributed by atoms with van der Waals surface area (Å²) in [6.45, 7) is 1.43. The topological polar surface area (TPSA) is 87.0 Å². The highest BCUT2D eigenvalue weighted by atomic mass is 19.4. The molecule has 0 radical (unpaired) electrons. The average molecular weight is 292 g/mol. The van der Waals surface area contributed by atoms with E-state index >= 15 is 0 Å². The quantitative estimate of drug-likeness (QED) is 0.670. The summed E-state index contributed by atoms with van der Waals surface area (Å²) in [7, 11) is 0. The van der Waals surface area contributed by atoms with E-state index in [0.717, 1.165) is 0 Å². The fraction of sp³-hybridized carbons (Fsp3) is 0.727. The van der Waals surface area contributed by atoms with E-state index < -0.39 is 23.1 Å². The number of halogens is 3. The zero-order valence-corrected chi connectivity index (χ0v) is 10.9. The molecule has 0 saturated heterocycles. The van der Waals surface area contributed by atoms with Gasteiger partial charge in [-0.2, -0.15) is 18.3 Å². The minimum atomic E-state index is -4.25. The first-order valence-electron chi connectivity index (χ1n) is 6.27. The molecule has 1 aromatic heterocycles. The summed E-state index contributed by atoms with van der Waals surface area (Å²) in [5.74, 6) is -1.57. The number of nitrogens with zero attached hydrogens (tertiary/aromatic N) is 3. The maximum Gasteiger partial charge on any atom is 0.391 e. The largest absolute Gasteiger partial charge is 0.391 e. The van der Waals surface area contributed by atoms with Crippen LogP contribution in [-0.4, -0.2) is 20.9 Å². The van der Waals surface area contributed by atoms with Crippen molar-refractivity contribution in [3.63, 3.8) is 0 Å². The molecule has 0 bridgehead atoms. The van der Waals surface area contributed by atoms with Crippen LogP contribution in [0, 0.1) is 23.0 Å². The molecule has 0 aliphatic heterocycles. The summed E-state index contributed by atoms with van der Waals surface area (Å²) in [6.07, 6.45) is -3.40. The van der Waals surface area contributed by atoms with E-state index in [0.29, 0.717) is 12.8 Å². The molecule has 20 heavy (non-hydrogen) atoms. The monoisotopic (exact) mass is 292 g/mol. The van der Waals surface area contributed by atoms with Crippen molar-refractivity contribution in [1.82, 2.24) is 9.78 Å². The van der Waals surface area contributed by atoms with E-state index in [1.165, 1.54) is 11.6 Å². The van der Waals surface area contributed by atoms with Crippen LogP contribution in [0.3, 0.4) is 0 Å². The van der Waals surface area contributed by atoms with Crippen molar-refractivity contribution in [2.45, 2.75) is 44.8 Å². The Morgan fingerprint density at radius 3 is 2.60 bits per heavy atom. The number of rotatable bonds is 2. The Hall–Kier alpha value is -1.80. The molecule has 2 N–H and O–H groups in total. The second-order valence-corrected chi connectivity index (χ2v) is 5.08. The van der Waals surface area contributed by atoms with Crippen LogP contribution in [0.5, 0.6) is 0 Å². The third kappa shape index (κ3) is 2.56. The van der Waals surface area contributed by atoms with Crippen LogP contribution in [0.1, 0.15) is 37.4 Å². The van der Waals surface area contributed by atoms with Gasteiger partial charge in [-0.1, -0.05) is 6.42 Å². The van der Waals surface area contributed by atoms with Crippen LogP contribution < -0.4 is 5.73 Å². The predicted octanol–water partition coefficient (Wildman–Crippen LogP) is 2.98. The van der Waals surface area contributed by atoms with E-state index in [1.54, 1.807) is 0 Å².